The summed E-state index contributed by atoms with van der Waals surface area (Å²) in [6, 6.07) is 20.5. The van der Waals surface area contributed by atoms with E-state index in [1.165, 1.54) is 0 Å². The van der Waals surface area contributed by atoms with Crippen LogP contribution < -0.4 is 10.1 Å². The number of furan rings is 1. The second-order valence-corrected chi connectivity index (χ2v) is 6.93. The van der Waals surface area contributed by atoms with Crippen molar-refractivity contribution in [2.45, 2.75) is 13.3 Å². The molecule has 0 aliphatic heterocycles. The quantitative estimate of drug-likeness (QED) is 0.430. The molecule has 1 N–H and O–H groups in total. The molecule has 0 aliphatic carbocycles. The van der Waals surface area contributed by atoms with Crippen molar-refractivity contribution in [3.63, 3.8) is 0 Å². The molecule has 3 aromatic carbocycles. The Balaban J connectivity index is 1.42. The first-order chi connectivity index (χ1) is 13.6. The maximum Gasteiger partial charge on any atom is 0.228 e. The fourth-order valence-electron chi connectivity index (χ4n) is 2.95. The van der Waals surface area contributed by atoms with E-state index in [9.17, 15) is 4.79 Å². The van der Waals surface area contributed by atoms with E-state index in [1.54, 1.807) is 6.26 Å². The Hall–Kier alpha value is -3.24. The number of benzene rings is 3. The fraction of sp³-hybridized carbons (Fsp3) is 0.0870. The highest BCUT2D eigenvalue weighted by Crippen LogP contribution is 2.28. The van der Waals surface area contributed by atoms with E-state index >= 15 is 0 Å². The number of aryl methyl sites for hydroxylation is 1. The third-order valence-corrected chi connectivity index (χ3v) is 4.81. The summed E-state index contributed by atoms with van der Waals surface area (Å²) in [5.74, 6) is 1.34. The van der Waals surface area contributed by atoms with Gasteiger partial charge in [-0.2, -0.15) is 0 Å². The number of carbonyl (C=O) groups is 1. The molecule has 0 saturated carbocycles. The highest BCUT2D eigenvalue weighted by Gasteiger charge is 2.12. The van der Waals surface area contributed by atoms with Crippen LogP contribution in [0.25, 0.3) is 11.0 Å². The molecule has 1 aromatic heterocycles. The minimum atomic E-state index is -0.129. The fourth-order valence-corrected chi connectivity index (χ4v) is 3.11. The van der Waals surface area contributed by atoms with Crippen LogP contribution in [0.2, 0.25) is 5.02 Å². The Morgan fingerprint density at radius 1 is 1.04 bits per heavy atom. The van der Waals surface area contributed by atoms with Gasteiger partial charge in [0.2, 0.25) is 5.91 Å². The number of para-hydroxylation sites is 1. The number of ether oxygens (including phenoxy) is 1. The van der Waals surface area contributed by atoms with Gasteiger partial charge in [-0.3, -0.25) is 4.79 Å². The van der Waals surface area contributed by atoms with Crippen molar-refractivity contribution in [3.05, 3.63) is 89.1 Å². The van der Waals surface area contributed by atoms with Crippen molar-refractivity contribution in [2.75, 3.05) is 5.32 Å². The summed E-state index contributed by atoms with van der Waals surface area (Å²) in [4.78, 5) is 12.4. The van der Waals surface area contributed by atoms with E-state index in [-0.39, 0.29) is 12.3 Å². The summed E-state index contributed by atoms with van der Waals surface area (Å²) < 4.78 is 11.3. The van der Waals surface area contributed by atoms with Crippen molar-refractivity contribution < 1.29 is 13.9 Å². The van der Waals surface area contributed by atoms with Crippen LogP contribution in [0.3, 0.4) is 0 Å². The van der Waals surface area contributed by atoms with Gasteiger partial charge in [-0.15, -0.1) is 0 Å². The molecule has 0 fully saturated rings. The number of nitrogens with one attached hydrogen (secondary N) is 1. The zero-order valence-electron chi connectivity index (χ0n) is 15.2. The molecule has 1 heterocycles. The van der Waals surface area contributed by atoms with Crippen LogP contribution >= 0.6 is 11.6 Å². The molecule has 0 aliphatic rings. The zero-order chi connectivity index (χ0) is 19.5. The van der Waals surface area contributed by atoms with Crippen LogP contribution in [0.5, 0.6) is 11.5 Å². The Bertz CT molecular complexity index is 1120. The highest BCUT2D eigenvalue weighted by molar-refractivity contribution is 6.32. The summed E-state index contributed by atoms with van der Waals surface area (Å²) in [5.41, 5.74) is 3.18. The van der Waals surface area contributed by atoms with Gasteiger partial charge in [0.1, 0.15) is 17.1 Å². The first kappa shape index (κ1) is 18.1. The topological polar surface area (TPSA) is 51.5 Å². The van der Waals surface area contributed by atoms with Crippen molar-refractivity contribution in [1.29, 1.82) is 0 Å². The molecule has 1 amide bonds. The molecule has 0 radical (unpaired) electrons. The maximum atomic E-state index is 12.4. The SMILES string of the molecule is Cc1cc2occ(CC(=O)Nc3ccc(Oc4ccccc4)cc3)c2cc1Cl. The van der Waals surface area contributed by atoms with Crippen molar-refractivity contribution in [2.24, 2.45) is 0 Å². The Labute approximate surface area is 167 Å². The standard InChI is InChI=1S/C23H18ClNO3/c1-15-11-22-20(13-21(15)24)16(14-27-22)12-23(26)25-17-7-9-19(10-8-17)28-18-5-3-2-4-6-18/h2-11,13-14H,12H2,1H3,(H,25,26). The van der Waals surface area contributed by atoms with Gasteiger partial charge in [0.05, 0.1) is 12.7 Å². The minimum absolute atomic E-state index is 0.129. The number of halogens is 1. The van der Waals surface area contributed by atoms with Crippen LogP contribution in [-0.2, 0) is 11.2 Å². The monoisotopic (exact) mass is 391 g/mol. The molecule has 140 valence electrons. The Morgan fingerprint density at radius 3 is 2.50 bits per heavy atom. The van der Waals surface area contributed by atoms with Crippen molar-refractivity contribution in [3.8, 4) is 11.5 Å². The molecule has 4 aromatic rings. The third-order valence-electron chi connectivity index (χ3n) is 4.40. The van der Waals surface area contributed by atoms with E-state index in [1.807, 2.05) is 73.7 Å². The zero-order valence-corrected chi connectivity index (χ0v) is 16.0. The van der Waals surface area contributed by atoms with E-state index in [0.29, 0.717) is 16.5 Å². The number of hydrogen-bond acceptors (Lipinski definition) is 3. The summed E-state index contributed by atoms with van der Waals surface area (Å²) in [5, 5.41) is 4.41. The van der Waals surface area contributed by atoms with E-state index in [4.69, 9.17) is 20.8 Å². The second-order valence-electron chi connectivity index (χ2n) is 6.52. The van der Waals surface area contributed by atoms with Gasteiger partial charge >= 0.3 is 0 Å². The molecule has 0 unspecified atom stereocenters. The van der Waals surface area contributed by atoms with Gasteiger partial charge in [0, 0.05) is 21.7 Å². The van der Waals surface area contributed by atoms with Gasteiger partial charge in [-0.05, 0) is 61.0 Å². The van der Waals surface area contributed by atoms with Crippen LogP contribution in [0.4, 0.5) is 5.69 Å². The number of rotatable bonds is 5. The Morgan fingerprint density at radius 2 is 1.75 bits per heavy atom. The van der Waals surface area contributed by atoms with Crippen molar-refractivity contribution >= 4 is 34.2 Å². The number of carbonyl (C=O) groups excluding carboxylic acids is 1. The first-order valence-corrected chi connectivity index (χ1v) is 9.25. The molecule has 0 bridgehead atoms. The second kappa shape index (κ2) is 7.79. The largest absolute Gasteiger partial charge is 0.464 e. The maximum absolute atomic E-state index is 12.4. The van der Waals surface area contributed by atoms with Gasteiger partial charge in [-0.1, -0.05) is 29.8 Å². The van der Waals surface area contributed by atoms with Gasteiger partial charge in [-0.25, -0.2) is 0 Å². The highest BCUT2D eigenvalue weighted by atomic mass is 35.5. The molecule has 28 heavy (non-hydrogen) atoms. The van der Waals surface area contributed by atoms with Gasteiger partial charge < -0.3 is 14.5 Å². The minimum Gasteiger partial charge on any atom is -0.464 e. The van der Waals surface area contributed by atoms with E-state index in [2.05, 4.69) is 5.32 Å². The van der Waals surface area contributed by atoms with Crippen LogP contribution in [0, 0.1) is 6.92 Å². The normalized spacial score (nSPS) is 10.8. The average molecular weight is 392 g/mol. The molecule has 0 atom stereocenters. The van der Waals surface area contributed by atoms with E-state index < -0.39 is 0 Å². The molecule has 0 spiro atoms. The lowest BCUT2D eigenvalue weighted by Crippen LogP contribution is -2.14. The van der Waals surface area contributed by atoms with Crippen LogP contribution in [0.1, 0.15) is 11.1 Å². The number of hydrogen-bond donors (Lipinski definition) is 1. The number of amides is 1. The Kier molecular flexibility index (Phi) is 5.04. The molecule has 4 rings (SSSR count). The summed E-state index contributed by atoms with van der Waals surface area (Å²) in [7, 11) is 0. The number of fused-ring (bicyclic) bond motifs is 1. The van der Waals surface area contributed by atoms with Gasteiger partial charge in [0.25, 0.3) is 0 Å². The molecular formula is C23H18ClNO3. The lowest BCUT2D eigenvalue weighted by Gasteiger charge is -2.08. The summed E-state index contributed by atoms with van der Waals surface area (Å²) in [6.07, 6.45) is 1.81. The van der Waals surface area contributed by atoms with Crippen LogP contribution in [-0.4, -0.2) is 5.91 Å². The number of anilines is 1. The molecule has 4 nitrogen and oxygen atoms in total. The third kappa shape index (κ3) is 4.02. The van der Waals surface area contributed by atoms with Crippen LogP contribution in [0.15, 0.2) is 77.4 Å². The van der Waals surface area contributed by atoms with Gasteiger partial charge in [0.15, 0.2) is 0 Å². The lowest BCUT2D eigenvalue weighted by atomic mass is 10.1. The average Bonchev–Trinajstić information content (AvgIpc) is 3.06. The molecule has 0 saturated heterocycles. The molecular weight excluding hydrogens is 374 g/mol. The predicted molar refractivity (Wildman–Crippen MR) is 111 cm³/mol. The van der Waals surface area contributed by atoms with Crippen molar-refractivity contribution in [1.82, 2.24) is 0 Å². The first-order valence-electron chi connectivity index (χ1n) is 8.87. The smallest absolute Gasteiger partial charge is 0.228 e. The predicted octanol–water partition coefficient (Wildman–Crippen LogP) is 6.37. The molecule has 5 heteroatoms. The summed E-state index contributed by atoms with van der Waals surface area (Å²) in [6.45, 7) is 1.92. The van der Waals surface area contributed by atoms with E-state index in [0.717, 1.165) is 27.8 Å². The lowest BCUT2D eigenvalue weighted by molar-refractivity contribution is -0.115. The summed E-state index contributed by atoms with van der Waals surface area (Å²) >= 11 is 6.20.